The summed E-state index contributed by atoms with van der Waals surface area (Å²) in [6.45, 7) is 3.69. The quantitative estimate of drug-likeness (QED) is 0.836. The van der Waals surface area contributed by atoms with E-state index < -0.39 is 21.6 Å². The Morgan fingerprint density at radius 2 is 1.96 bits per heavy atom. The van der Waals surface area contributed by atoms with E-state index in [4.69, 9.17) is 4.74 Å². The third-order valence-corrected chi connectivity index (χ3v) is 4.08. The van der Waals surface area contributed by atoms with E-state index >= 15 is 0 Å². The molecular weight excluding hydrogens is 335 g/mol. The average Bonchev–Trinajstić information content (AvgIpc) is 2.48. The monoisotopic (exact) mass is 352 g/mol. The molecule has 1 heterocycles. The molecule has 0 saturated carbocycles. The Hall–Kier alpha value is -2.48. The molecule has 0 spiro atoms. The van der Waals surface area contributed by atoms with E-state index in [0.717, 1.165) is 24.5 Å². The van der Waals surface area contributed by atoms with Gasteiger partial charge in [-0.3, -0.25) is 4.79 Å². The van der Waals surface area contributed by atoms with Gasteiger partial charge in [-0.25, -0.2) is 17.8 Å². The van der Waals surface area contributed by atoms with Crippen LogP contribution in [0.4, 0.5) is 10.1 Å². The van der Waals surface area contributed by atoms with Gasteiger partial charge < -0.3 is 10.1 Å². The third kappa shape index (κ3) is 4.51. The Labute approximate surface area is 139 Å². The molecule has 1 amide bonds. The van der Waals surface area contributed by atoms with Crippen LogP contribution < -0.4 is 10.1 Å². The molecule has 1 aromatic carbocycles. The van der Waals surface area contributed by atoms with E-state index in [1.54, 1.807) is 0 Å². The normalized spacial score (nSPS) is 11.4. The highest BCUT2D eigenvalue weighted by atomic mass is 32.2. The van der Waals surface area contributed by atoms with Crippen molar-refractivity contribution in [2.45, 2.75) is 24.8 Å². The minimum Gasteiger partial charge on any atom is -0.475 e. The van der Waals surface area contributed by atoms with Crippen LogP contribution in [0.2, 0.25) is 0 Å². The van der Waals surface area contributed by atoms with Crippen LogP contribution in [-0.2, 0) is 9.84 Å². The molecule has 24 heavy (non-hydrogen) atoms. The van der Waals surface area contributed by atoms with E-state index in [1.807, 2.05) is 13.8 Å². The summed E-state index contributed by atoms with van der Waals surface area (Å²) in [6, 6.07) is 6.21. The minimum absolute atomic E-state index is 0.0509. The fraction of sp³-hybridized carbons (Fsp3) is 0.250. The predicted molar refractivity (Wildman–Crippen MR) is 87.5 cm³/mol. The van der Waals surface area contributed by atoms with Crippen LogP contribution in [0, 0.1) is 5.82 Å². The lowest BCUT2D eigenvalue weighted by Crippen LogP contribution is -2.14. The van der Waals surface area contributed by atoms with Crippen molar-refractivity contribution in [3.8, 4) is 5.88 Å². The molecule has 0 bridgehead atoms. The van der Waals surface area contributed by atoms with Crippen molar-refractivity contribution in [1.29, 1.82) is 0 Å². The molecule has 1 N–H and O–H groups in total. The lowest BCUT2D eigenvalue weighted by atomic mass is 10.2. The summed E-state index contributed by atoms with van der Waals surface area (Å²) >= 11 is 0. The van der Waals surface area contributed by atoms with Gasteiger partial charge in [-0.1, -0.05) is 0 Å². The number of hydrogen-bond donors (Lipinski definition) is 1. The van der Waals surface area contributed by atoms with Gasteiger partial charge in [-0.2, -0.15) is 0 Å². The van der Waals surface area contributed by atoms with Crippen molar-refractivity contribution in [2.24, 2.45) is 0 Å². The number of ether oxygens (including phenoxy) is 1. The number of anilines is 1. The maximum Gasteiger partial charge on any atom is 0.257 e. The van der Waals surface area contributed by atoms with Crippen molar-refractivity contribution in [3.05, 3.63) is 47.9 Å². The van der Waals surface area contributed by atoms with E-state index in [2.05, 4.69) is 10.3 Å². The number of halogens is 1. The van der Waals surface area contributed by atoms with E-state index in [9.17, 15) is 17.6 Å². The molecule has 0 fully saturated rings. The van der Waals surface area contributed by atoms with Gasteiger partial charge in [0.15, 0.2) is 9.84 Å². The summed E-state index contributed by atoms with van der Waals surface area (Å²) in [5.41, 5.74) is -0.0271. The second-order valence-corrected chi connectivity index (χ2v) is 7.44. The zero-order valence-electron chi connectivity index (χ0n) is 13.4. The molecule has 2 aromatic rings. The standard InChI is InChI=1S/C16H17FN2O4S/c1-10(2)23-15-7-4-11(9-18-15)16(20)19-14-8-12(24(3,21)22)5-6-13(14)17/h4-10H,1-3H3,(H,19,20). The SMILES string of the molecule is CC(C)Oc1ccc(C(=O)Nc2cc(S(C)(=O)=O)ccc2F)cn1. The Morgan fingerprint density at radius 1 is 1.25 bits per heavy atom. The summed E-state index contributed by atoms with van der Waals surface area (Å²) in [5, 5.41) is 2.34. The summed E-state index contributed by atoms with van der Waals surface area (Å²) in [5.74, 6) is -0.974. The Balaban J connectivity index is 2.20. The maximum absolute atomic E-state index is 13.8. The smallest absolute Gasteiger partial charge is 0.257 e. The molecule has 2 rings (SSSR count). The average molecular weight is 352 g/mol. The highest BCUT2D eigenvalue weighted by Gasteiger charge is 2.14. The van der Waals surface area contributed by atoms with Crippen LogP contribution in [0.1, 0.15) is 24.2 Å². The van der Waals surface area contributed by atoms with Gasteiger partial charge in [0, 0.05) is 18.5 Å². The number of pyridine rings is 1. The van der Waals surface area contributed by atoms with Gasteiger partial charge in [-0.15, -0.1) is 0 Å². The minimum atomic E-state index is -3.51. The highest BCUT2D eigenvalue weighted by Crippen LogP contribution is 2.20. The van der Waals surface area contributed by atoms with Crippen LogP contribution in [0.3, 0.4) is 0 Å². The van der Waals surface area contributed by atoms with Gasteiger partial charge in [0.25, 0.3) is 5.91 Å². The predicted octanol–water partition coefficient (Wildman–Crippen LogP) is 2.66. The Morgan fingerprint density at radius 3 is 2.50 bits per heavy atom. The number of aromatic nitrogens is 1. The van der Waals surface area contributed by atoms with Crippen molar-refractivity contribution in [3.63, 3.8) is 0 Å². The number of carbonyl (C=O) groups excluding carboxylic acids is 1. The largest absolute Gasteiger partial charge is 0.475 e. The number of carbonyl (C=O) groups is 1. The molecule has 0 unspecified atom stereocenters. The molecule has 0 aliphatic heterocycles. The fourth-order valence-electron chi connectivity index (χ4n) is 1.85. The molecule has 0 radical (unpaired) electrons. The van der Waals surface area contributed by atoms with Crippen molar-refractivity contribution in [1.82, 2.24) is 4.98 Å². The van der Waals surface area contributed by atoms with Crippen LogP contribution in [0.15, 0.2) is 41.4 Å². The zero-order valence-corrected chi connectivity index (χ0v) is 14.2. The van der Waals surface area contributed by atoms with E-state index in [-0.39, 0.29) is 22.3 Å². The number of nitrogens with zero attached hydrogens (tertiary/aromatic N) is 1. The van der Waals surface area contributed by atoms with E-state index in [1.165, 1.54) is 18.3 Å². The first-order valence-electron chi connectivity index (χ1n) is 7.10. The fourth-order valence-corrected chi connectivity index (χ4v) is 2.50. The van der Waals surface area contributed by atoms with Gasteiger partial charge in [-0.05, 0) is 38.1 Å². The van der Waals surface area contributed by atoms with Gasteiger partial charge >= 0.3 is 0 Å². The maximum atomic E-state index is 13.8. The highest BCUT2D eigenvalue weighted by molar-refractivity contribution is 7.90. The van der Waals surface area contributed by atoms with Crippen LogP contribution in [-0.4, -0.2) is 31.7 Å². The summed E-state index contributed by atoms with van der Waals surface area (Å²) < 4.78 is 42.2. The van der Waals surface area contributed by atoms with Crippen molar-refractivity contribution in [2.75, 3.05) is 11.6 Å². The number of nitrogens with one attached hydrogen (secondary N) is 1. The topological polar surface area (TPSA) is 85.4 Å². The molecule has 0 aliphatic carbocycles. The molecule has 6 nitrogen and oxygen atoms in total. The van der Waals surface area contributed by atoms with Crippen LogP contribution in [0.25, 0.3) is 0 Å². The first kappa shape index (κ1) is 17.9. The molecule has 0 aliphatic rings. The molecular formula is C16H17FN2O4S. The van der Waals surface area contributed by atoms with Crippen molar-refractivity contribution < 1.29 is 22.3 Å². The first-order valence-corrected chi connectivity index (χ1v) is 8.99. The molecule has 0 atom stereocenters. The Kier molecular flexibility index (Phi) is 5.18. The summed E-state index contributed by atoms with van der Waals surface area (Å²) in [7, 11) is -3.51. The second kappa shape index (κ2) is 6.96. The summed E-state index contributed by atoms with van der Waals surface area (Å²) in [6.07, 6.45) is 2.25. The summed E-state index contributed by atoms with van der Waals surface area (Å²) in [4.78, 5) is 16.1. The van der Waals surface area contributed by atoms with Crippen LogP contribution >= 0.6 is 0 Å². The number of benzene rings is 1. The van der Waals surface area contributed by atoms with Gasteiger partial charge in [0.2, 0.25) is 5.88 Å². The number of rotatable bonds is 5. The number of hydrogen-bond acceptors (Lipinski definition) is 5. The van der Waals surface area contributed by atoms with Crippen LogP contribution in [0.5, 0.6) is 5.88 Å². The van der Waals surface area contributed by atoms with Gasteiger partial charge in [0.05, 0.1) is 22.3 Å². The molecule has 8 heteroatoms. The molecule has 128 valence electrons. The van der Waals surface area contributed by atoms with E-state index in [0.29, 0.717) is 5.88 Å². The number of amides is 1. The lowest BCUT2D eigenvalue weighted by Gasteiger charge is -2.10. The second-order valence-electron chi connectivity index (χ2n) is 5.42. The molecule has 0 saturated heterocycles. The van der Waals surface area contributed by atoms with Gasteiger partial charge in [0.1, 0.15) is 5.82 Å². The zero-order chi connectivity index (χ0) is 17.9. The number of sulfone groups is 1. The molecule has 1 aromatic heterocycles. The lowest BCUT2D eigenvalue weighted by molar-refractivity contribution is 0.102. The Bertz CT molecular complexity index is 849. The van der Waals surface area contributed by atoms with Crippen molar-refractivity contribution >= 4 is 21.4 Å². The first-order chi connectivity index (χ1) is 11.2. The third-order valence-electron chi connectivity index (χ3n) is 2.97.